The molecule has 1 aromatic rings. The Bertz CT molecular complexity index is 329. The number of aryl methyl sites for hydroxylation is 1. The Morgan fingerprint density at radius 3 is 2.64 bits per heavy atom. The van der Waals surface area contributed by atoms with Crippen molar-refractivity contribution in [2.75, 3.05) is 0 Å². The predicted octanol–water partition coefficient (Wildman–Crippen LogP) is 2.48. The number of hydrogen-bond acceptors (Lipinski definition) is 2. The van der Waals surface area contributed by atoms with Crippen LogP contribution in [0.2, 0.25) is 0 Å². The Labute approximate surface area is 84.2 Å². The summed E-state index contributed by atoms with van der Waals surface area (Å²) in [7, 11) is 0. The van der Waals surface area contributed by atoms with Crippen molar-refractivity contribution < 1.29 is 9.53 Å². The molecule has 0 aliphatic carbocycles. The summed E-state index contributed by atoms with van der Waals surface area (Å²) < 4.78 is 4.96. The number of benzene rings is 1. The summed E-state index contributed by atoms with van der Waals surface area (Å²) in [6, 6.07) is 7.93. The second kappa shape index (κ2) is 5.22. The molecule has 0 aromatic heterocycles. The van der Waals surface area contributed by atoms with Crippen LogP contribution in [-0.4, -0.2) is 5.97 Å². The monoisotopic (exact) mass is 190 g/mol. The van der Waals surface area contributed by atoms with E-state index in [9.17, 15) is 4.79 Å². The maximum Gasteiger partial charge on any atom is 0.330 e. The molecule has 0 saturated carbocycles. The third kappa shape index (κ3) is 2.73. The van der Waals surface area contributed by atoms with E-state index in [1.165, 1.54) is 11.6 Å². The summed E-state index contributed by atoms with van der Waals surface area (Å²) in [4.78, 5) is 10.8. The smallest absolute Gasteiger partial charge is 0.330 e. The summed E-state index contributed by atoms with van der Waals surface area (Å²) >= 11 is 0. The van der Waals surface area contributed by atoms with Gasteiger partial charge in [0, 0.05) is 6.08 Å². The Morgan fingerprint density at radius 2 is 2.07 bits per heavy atom. The normalized spacial score (nSPS) is 9.50. The third-order valence-electron chi connectivity index (χ3n) is 2.04. The van der Waals surface area contributed by atoms with Crippen molar-refractivity contribution in [2.45, 2.75) is 20.0 Å². The number of carbonyl (C=O) groups excluding carboxylic acids is 1. The first-order chi connectivity index (χ1) is 6.77. The summed E-state index contributed by atoms with van der Waals surface area (Å²) in [6.07, 6.45) is 2.12. The Morgan fingerprint density at radius 1 is 1.43 bits per heavy atom. The Hall–Kier alpha value is -1.57. The van der Waals surface area contributed by atoms with Crippen LogP contribution in [0.15, 0.2) is 36.9 Å². The first kappa shape index (κ1) is 10.5. The largest absolute Gasteiger partial charge is 0.458 e. The zero-order valence-corrected chi connectivity index (χ0v) is 8.32. The summed E-state index contributed by atoms with van der Waals surface area (Å²) in [5, 5.41) is 0. The van der Waals surface area contributed by atoms with Gasteiger partial charge in [0.1, 0.15) is 6.61 Å². The van der Waals surface area contributed by atoms with E-state index in [0.717, 1.165) is 12.0 Å². The molecule has 1 aromatic carbocycles. The fraction of sp³-hybridized carbons (Fsp3) is 0.250. The highest BCUT2D eigenvalue weighted by atomic mass is 16.5. The van der Waals surface area contributed by atoms with Crippen LogP contribution in [0.3, 0.4) is 0 Å². The molecule has 74 valence electrons. The van der Waals surface area contributed by atoms with Crippen molar-refractivity contribution in [3.8, 4) is 0 Å². The second-order valence-electron chi connectivity index (χ2n) is 2.93. The number of ether oxygens (including phenoxy) is 1. The van der Waals surface area contributed by atoms with Gasteiger partial charge in [0.25, 0.3) is 0 Å². The molecule has 0 unspecified atom stereocenters. The molecule has 0 aliphatic heterocycles. The summed E-state index contributed by atoms with van der Waals surface area (Å²) in [5.41, 5.74) is 2.27. The van der Waals surface area contributed by atoms with Crippen molar-refractivity contribution in [3.05, 3.63) is 48.0 Å². The van der Waals surface area contributed by atoms with Crippen molar-refractivity contribution in [3.63, 3.8) is 0 Å². The van der Waals surface area contributed by atoms with Crippen LogP contribution >= 0.6 is 0 Å². The molecule has 2 heteroatoms. The molecule has 0 heterocycles. The zero-order chi connectivity index (χ0) is 10.4. The minimum Gasteiger partial charge on any atom is -0.458 e. The van der Waals surface area contributed by atoms with Gasteiger partial charge in [-0.25, -0.2) is 4.79 Å². The molecule has 0 N–H and O–H groups in total. The molecular formula is C12H14O2. The number of rotatable bonds is 4. The molecule has 1 rings (SSSR count). The maximum absolute atomic E-state index is 10.8. The predicted molar refractivity (Wildman–Crippen MR) is 55.8 cm³/mol. The van der Waals surface area contributed by atoms with E-state index in [4.69, 9.17) is 4.74 Å². The van der Waals surface area contributed by atoms with E-state index in [1.54, 1.807) is 0 Å². The van der Waals surface area contributed by atoms with Gasteiger partial charge >= 0.3 is 5.97 Å². The molecule has 0 atom stereocenters. The SMILES string of the molecule is C=CC(=O)OCc1ccccc1CC. The van der Waals surface area contributed by atoms with Gasteiger partial charge in [-0.1, -0.05) is 37.8 Å². The molecule has 0 saturated heterocycles. The van der Waals surface area contributed by atoms with E-state index in [-0.39, 0.29) is 5.97 Å². The minimum absolute atomic E-state index is 0.328. The van der Waals surface area contributed by atoms with Gasteiger partial charge in [0.05, 0.1) is 0 Å². The molecule has 0 radical (unpaired) electrons. The lowest BCUT2D eigenvalue weighted by atomic mass is 10.1. The van der Waals surface area contributed by atoms with Crippen LogP contribution in [-0.2, 0) is 22.6 Å². The van der Waals surface area contributed by atoms with E-state index >= 15 is 0 Å². The van der Waals surface area contributed by atoms with Gasteiger partial charge in [-0.15, -0.1) is 0 Å². The second-order valence-corrected chi connectivity index (χ2v) is 2.93. The highest BCUT2D eigenvalue weighted by Crippen LogP contribution is 2.10. The van der Waals surface area contributed by atoms with Gasteiger partial charge in [-0.3, -0.25) is 0 Å². The van der Waals surface area contributed by atoms with E-state index in [2.05, 4.69) is 13.5 Å². The average Bonchev–Trinajstić information content (AvgIpc) is 2.26. The summed E-state index contributed by atoms with van der Waals surface area (Å²) in [5.74, 6) is -0.379. The first-order valence-electron chi connectivity index (χ1n) is 4.64. The van der Waals surface area contributed by atoms with Gasteiger partial charge in [0.15, 0.2) is 0 Å². The maximum atomic E-state index is 10.8. The van der Waals surface area contributed by atoms with Crippen molar-refractivity contribution in [1.29, 1.82) is 0 Å². The molecule has 0 bridgehead atoms. The van der Waals surface area contributed by atoms with Crippen LogP contribution in [0.1, 0.15) is 18.1 Å². The third-order valence-corrected chi connectivity index (χ3v) is 2.04. The first-order valence-corrected chi connectivity index (χ1v) is 4.64. The highest BCUT2D eigenvalue weighted by molar-refractivity contribution is 5.81. The topological polar surface area (TPSA) is 26.3 Å². The van der Waals surface area contributed by atoms with Crippen LogP contribution in [0.25, 0.3) is 0 Å². The fourth-order valence-corrected chi connectivity index (χ4v) is 1.25. The van der Waals surface area contributed by atoms with Crippen LogP contribution in [0.4, 0.5) is 0 Å². The van der Waals surface area contributed by atoms with Gasteiger partial charge in [0.2, 0.25) is 0 Å². The van der Waals surface area contributed by atoms with Crippen molar-refractivity contribution in [1.82, 2.24) is 0 Å². The Kier molecular flexibility index (Phi) is 3.92. The number of carbonyl (C=O) groups is 1. The molecule has 0 fully saturated rings. The lowest BCUT2D eigenvalue weighted by Crippen LogP contribution is -2.02. The minimum atomic E-state index is -0.379. The van der Waals surface area contributed by atoms with Gasteiger partial charge < -0.3 is 4.74 Å². The van der Waals surface area contributed by atoms with Crippen LogP contribution in [0, 0.1) is 0 Å². The fourth-order valence-electron chi connectivity index (χ4n) is 1.25. The molecular weight excluding hydrogens is 176 g/mol. The zero-order valence-electron chi connectivity index (χ0n) is 8.32. The molecule has 14 heavy (non-hydrogen) atoms. The van der Waals surface area contributed by atoms with E-state index in [0.29, 0.717) is 6.61 Å². The van der Waals surface area contributed by atoms with E-state index in [1.807, 2.05) is 24.3 Å². The standard InChI is InChI=1S/C12H14O2/c1-3-10-7-5-6-8-11(10)9-14-12(13)4-2/h4-8H,2-3,9H2,1H3. The van der Waals surface area contributed by atoms with Crippen molar-refractivity contribution in [2.24, 2.45) is 0 Å². The number of esters is 1. The number of hydrogen-bond donors (Lipinski definition) is 0. The Balaban J connectivity index is 2.66. The van der Waals surface area contributed by atoms with Crippen LogP contribution in [0.5, 0.6) is 0 Å². The van der Waals surface area contributed by atoms with Crippen LogP contribution < -0.4 is 0 Å². The quantitative estimate of drug-likeness (QED) is 0.538. The molecule has 0 amide bonds. The molecule has 0 aliphatic rings. The average molecular weight is 190 g/mol. The van der Waals surface area contributed by atoms with Gasteiger partial charge in [-0.2, -0.15) is 0 Å². The summed E-state index contributed by atoms with van der Waals surface area (Å²) in [6.45, 7) is 5.75. The van der Waals surface area contributed by atoms with Crippen molar-refractivity contribution >= 4 is 5.97 Å². The molecule has 2 nitrogen and oxygen atoms in total. The highest BCUT2D eigenvalue weighted by Gasteiger charge is 2.01. The van der Waals surface area contributed by atoms with Gasteiger partial charge in [-0.05, 0) is 17.5 Å². The molecule has 0 spiro atoms. The lowest BCUT2D eigenvalue weighted by Gasteiger charge is -2.06. The lowest BCUT2D eigenvalue weighted by molar-refractivity contribution is -0.138. The van der Waals surface area contributed by atoms with E-state index < -0.39 is 0 Å².